The summed E-state index contributed by atoms with van der Waals surface area (Å²) >= 11 is 5.01. The number of aliphatic hydroxyl groups excluding tert-OH is 1. The summed E-state index contributed by atoms with van der Waals surface area (Å²) < 4.78 is 6.77. The zero-order valence-electron chi connectivity index (χ0n) is 11.0. The van der Waals surface area contributed by atoms with Crippen molar-refractivity contribution in [2.45, 2.75) is 19.4 Å². The highest BCUT2D eigenvalue weighted by atomic mass is 79.9. The van der Waals surface area contributed by atoms with Crippen molar-refractivity contribution in [1.82, 2.24) is 15.1 Å². The fraction of sp³-hybridized carbons (Fsp3) is 0.538. The van der Waals surface area contributed by atoms with Crippen LogP contribution in [0.5, 0.6) is 0 Å². The minimum absolute atomic E-state index is 0.274. The number of nitrogens with zero attached hydrogens (tertiary/aromatic N) is 3. The van der Waals surface area contributed by atoms with Crippen LogP contribution in [-0.2, 0) is 6.54 Å². The van der Waals surface area contributed by atoms with E-state index in [1.54, 1.807) is 11.3 Å². The molecule has 20 heavy (non-hydrogen) atoms. The van der Waals surface area contributed by atoms with E-state index < -0.39 is 0 Å². The Bertz CT molecular complexity index is 571. The van der Waals surface area contributed by atoms with Crippen molar-refractivity contribution in [2.24, 2.45) is 5.92 Å². The van der Waals surface area contributed by atoms with Crippen LogP contribution >= 0.6 is 27.3 Å². The Morgan fingerprint density at radius 1 is 1.45 bits per heavy atom. The second kappa shape index (κ2) is 6.34. The smallest absolute Gasteiger partial charge is 0.257 e. The maximum Gasteiger partial charge on any atom is 0.257 e. The number of thiophene rings is 1. The normalized spacial score (nSPS) is 19.8. The highest BCUT2D eigenvalue weighted by Crippen LogP contribution is 2.30. The highest BCUT2D eigenvalue weighted by Gasteiger charge is 2.23. The number of hydrogen-bond acceptors (Lipinski definition) is 6. The molecule has 3 rings (SSSR count). The van der Waals surface area contributed by atoms with E-state index in [-0.39, 0.29) is 6.61 Å². The fourth-order valence-corrected chi connectivity index (χ4v) is 3.82. The molecule has 1 fully saturated rings. The summed E-state index contributed by atoms with van der Waals surface area (Å²) in [7, 11) is 0. The van der Waals surface area contributed by atoms with E-state index in [2.05, 4.69) is 31.0 Å². The molecule has 3 heterocycles. The topological polar surface area (TPSA) is 62.4 Å². The summed E-state index contributed by atoms with van der Waals surface area (Å²) in [6.45, 7) is 3.01. The number of rotatable bonds is 5. The molecule has 0 saturated carbocycles. The average molecular weight is 358 g/mol. The summed E-state index contributed by atoms with van der Waals surface area (Å²) in [5.74, 6) is 1.84. The number of hydrogen-bond donors (Lipinski definition) is 1. The zero-order valence-corrected chi connectivity index (χ0v) is 13.4. The molecule has 0 amide bonds. The quantitative estimate of drug-likeness (QED) is 0.891. The molecule has 1 atom stereocenters. The standard InChI is InChI=1S/C13H16BrN3O2S/c14-11-2-1-10(20-11)13-16-15-12(19-13)8-17-5-3-9(7-17)4-6-18/h1-2,9,18H,3-8H2. The Balaban J connectivity index is 1.61. The predicted octanol–water partition coefficient (Wildman–Crippen LogP) is 2.76. The van der Waals surface area contributed by atoms with Crippen molar-refractivity contribution in [2.75, 3.05) is 19.7 Å². The van der Waals surface area contributed by atoms with Crippen molar-refractivity contribution in [1.29, 1.82) is 0 Å². The third-order valence-corrected chi connectivity index (χ3v) is 5.13. The maximum absolute atomic E-state index is 8.97. The molecule has 5 nitrogen and oxygen atoms in total. The van der Waals surface area contributed by atoms with Gasteiger partial charge in [0.15, 0.2) is 0 Å². The third-order valence-electron chi connectivity index (χ3n) is 3.52. The van der Waals surface area contributed by atoms with E-state index in [1.807, 2.05) is 12.1 Å². The van der Waals surface area contributed by atoms with Crippen molar-refractivity contribution in [3.8, 4) is 10.8 Å². The first-order valence-corrected chi connectivity index (χ1v) is 8.27. The van der Waals surface area contributed by atoms with Crippen LogP contribution in [0.4, 0.5) is 0 Å². The molecule has 1 saturated heterocycles. The largest absolute Gasteiger partial charge is 0.419 e. The number of likely N-dealkylation sites (tertiary alicyclic amines) is 1. The van der Waals surface area contributed by atoms with Crippen molar-refractivity contribution >= 4 is 27.3 Å². The minimum Gasteiger partial charge on any atom is -0.419 e. The molecule has 1 unspecified atom stereocenters. The van der Waals surface area contributed by atoms with E-state index in [4.69, 9.17) is 9.52 Å². The lowest BCUT2D eigenvalue weighted by Crippen LogP contribution is -2.20. The first-order valence-electron chi connectivity index (χ1n) is 6.66. The summed E-state index contributed by atoms with van der Waals surface area (Å²) in [6.07, 6.45) is 2.02. The second-order valence-corrected chi connectivity index (χ2v) is 7.47. The summed E-state index contributed by atoms with van der Waals surface area (Å²) in [6, 6.07) is 3.95. The van der Waals surface area contributed by atoms with Gasteiger partial charge in [-0.2, -0.15) is 0 Å². The van der Waals surface area contributed by atoms with Gasteiger partial charge in [-0.1, -0.05) is 0 Å². The maximum atomic E-state index is 8.97. The molecule has 7 heteroatoms. The number of aromatic nitrogens is 2. The zero-order chi connectivity index (χ0) is 13.9. The van der Waals surface area contributed by atoms with Gasteiger partial charge in [-0.25, -0.2) is 0 Å². The van der Waals surface area contributed by atoms with Crippen LogP contribution in [0.3, 0.4) is 0 Å². The average Bonchev–Trinajstić information content (AvgIpc) is 3.12. The molecule has 0 bridgehead atoms. The molecule has 1 N–H and O–H groups in total. The van der Waals surface area contributed by atoms with Crippen LogP contribution in [0.2, 0.25) is 0 Å². The van der Waals surface area contributed by atoms with Gasteiger partial charge in [0, 0.05) is 13.2 Å². The van der Waals surface area contributed by atoms with Gasteiger partial charge in [-0.05, 0) is 53.4 Å². The van der Waals surface area contributed by atoms with Crippen LogP contribution in [-0.4, -0.2) is 39.9 Å². The molecule has 0 spiro atoms. The predicted molar refractivity (Wildman–Crippen MR) is 80.4 cm³/mol. The molecule has 0 radical (unpaired) electrons. The molecule has 2 aromatic rings. The van der Waals surface area contributed by atoms with Crippen molar-refractivity contribution < 1.29 is 9.52 Å². The molecule has 1 aliphatic rings. The van der Waals surface area contributed by atoms with E-state index in [9.17, 15) is 0 Å². The highest BCUT2D eigenvalue weighted by molar-refractivity contribution is 9.11. The van der Waals surface area contributed by atoms with Gasteiger partial charge in [0.05, 0.1) is 15.2 Å². The van der Waals surface area contributed by atoms with Gasteiger partial charge in [0.2, 0.25) is 5.89 Å². The molecule has 0 aliphatic carbocycles. The summed E-state index contributed by atoms with van der Waals surface area (Å²) in [4.78, 5) is 3.29. The number of aliphatic hydroxyl groups is 1. The second-order valence-electron chi connectivity index (χ2n) is 5.01. The van der Waals surface area contributed by atoms with Gasteiger partial charge in [0.1, 0.15) is 0 Å². The molecule has 0 aromatic carbocycles. The SMILES string of the molecule is OCCC1CCN(Cc2nnc(-c3ccc(Br)s3)o2)C1. The van der Waals surface area contributed by atoms with Gasteiger partial charge in [0.25, 0.3) is 5.89 Å². The summed E-state index contributed by atoms with van der Waals surface area (Å²) in [5, 5.41) is 17.2. The van der Waals surface area contributed by atoms with Crippen molar-refractivity contribution in [3.05, 3.63) is 21.8 Å². The lowest BCUT2D eigenvalue weighted by Gasteiger charge is -2.12. The lowest BCUT2D eigenvalue weighted by atomic mass is 10.1. The van der Waals surface area contributed by atoms with Crippen LogP contribution in [0, 0.1) is 5.92 Å². The van der Waals surface area contributed by atoms with Crippen LogP contribution in [0.1, 0.15) is 18.7 Å². The Labute approximate surface area is 129 Å². The monoisotopic (exact) mass is 357 g/mol. The van der Waals surface area contributed by atoms with Gasteiger partial charge < -0.3 is 9.52 Å². The fourth-order valence-electron chi connectivity index (χ4n) is 2.51. The Kier molecular flexibility index (Phi) is 4.50. The first-order chi connectivity index (χ1) is 9.74. The Morgan fingerprint density at radius 2 is 2.35 bits per heavy atom. The third kappa shape index (κ3) is 3.28. The molecular weight excluding hydrogens is 342 g/mol. The van der Waals surface area contributed by atoms with Crippen LogP contribution in [0.25, 0.3) is 10.8 Å². The Morgan fingerprint density at radius 3 is 3.10 bits per heavy atom. The first kappa shape index (κ1) is 14.2. The van der Waals surface area contributed by atoms with E-state index in [0.29, 0.717) is 24.2 Å². The van der Waals surface area contributed by atoms with E-state index >= 15 is 0 Å². The van der Waals surface area contributed by atoms with Gasteiger partial charge >= 0.3 is 0 Å². The Hall–Kier alpha value is -0.760. The van der Waals surface area contributed by atoms with E-state index in [1.165, 1.54) is 0 Å². The van der Waals surface area contributed by atoms with E-state index in [0.717, 1.165) is 34.6 Å². The van der Waals surface area contributed by atoms with Crippen LogP contribution < -0.4 is 0 Å². The van der Waals surface area contributed by atoms with Crippen LogP contribution in [0.15, 0.2) is 20.3 Å². The van der Waals surface area contributed by atoms with Gasteiger partial charge in [-0.3, -0.25) is 4.90 Å². The number of halogens is 1. The van der Waals surface area contributed by atoms with Gasteiger partial charge in [-0.15, -0.1) is 21.5 Å². The van der Waals surface area contributed by atoms with Crippen molar-refractivity contribution in [3.63, 3.8) is 0 Å². The molecule has 1 aliphatic heterocycles. The minimum atomic E-state index is 0.274. The molecular formula is C13H16BrN3O2S. The molecule has 2 aromatic heterocycles. The molecule has 108 valence electrons. The summed E-state index contributed by atoms with van der Waals surface area (Å²) in [5.41, 5.74) is 0. The lowest BCUT2D eigenvalue weighted by molar-refractivity contribution is 0.243.